The van der Waals surface area contributed by atoms with Gasteiger partial charge in [-0.15, -0.1) is 0 Å². The highest BCUT2D eigenvalue weighted by molar-refractivity contribution is 5.47. The van der Waals surface area contributed by atoms with E-state index < -0.39 is 0 Å². The van der Waals surface area contributed by atoms with Gasteiger partial charge in [0.25, 0.3) is 0 Å². The van der Waals surface area contributed by atoms with Gasteiger partial charge in [-0.1, -0.05) is 13.8 Å². The minimum absolute atomic E-state index is 0.181. The zero-order valence-corrected chi connectivity index (χ0v) is 5.59. The Balaban J connectivity index is 3.71. The van der Waals surface area contributed by atoms with Crippen molar-refractivity contribution >= 4 is 6.41 Å². The zero-order valence-electron chi connectivity index (χ0n) is 5.59. The summed E-state index contributed by atoms with van der Waals surface area (Å²) in [5, 5.41) is 10.7. The molecule has 1 N–H and O–H groups in total. The molecule has 0 spiro atoms. The van der Waals surface area contributed by atoms with Gasteiger partial charge in [0.2, 0.25) is 6.41 Å². The zero-order chi connectivity index (χ0) is 7.28. The molecule has 50 valence electrons. The van der Waals surface area contributed by atoms with Gasteiger partial charge in [0.15, 0.2) is 0 Å². The van der Waals surface area contributed by atoms with Gasteiger partial charge < -0.3 is 5.32 Å². The van der Waals surface area contributed by atoms with Gasteiger partial charge in [0.1, 0.15) is 6.04 Å². The van der Waals surface area contributed by atoms with E-state index in [0.29, 0.717) is 6.41 Å². The first-order valence-corrected chi connectivity index (χ1v) is 2.81. The van der Waals surface area contributed by atoms with E-state index in [0.717, 1.165) is 0 Å². The first-order valence-electron chi connectivity index (χ1n) is 2.81. The van der Waals surface area contributed by atoms with Gasteiger partial charge in [-0.05, 0) is 5.92 Å². The number of nitriles is 1. The summed E-state index contributed by atoms with van der Waals surface area (Å²) in [4.78, 5) is 9.82. The molecule has 0 saturated carbocycles. The quantitative estimate of drug-likeness (QED) is 0.552. The Morgan fingerprint density at radius 3 is 2.33 bits per heavy atom. The van der Waals surface area contributed by atoms with Crippen molar-refractivity contribution in [2.24, 2.45) is 5.92 Å². The lowest BCUT2D eigenvalue weighted by Gasteiger charge is -2.09. The molecule has 1 unspecified atom stereocenters. The third-order valence-corrected chi connectivity index (χ3v) is 1.05. The molecular formula is C6H10N2O. The Hall–Kier alpha value is -1.04. The lowest BCUT2D eigenvalue weighted by Crippen LogP contribution is -2.30. The van der Waals surface area contributed by atoms with E-state index >= 15 is 0 Å². The van der Waals surface area contributed by atoms with Crippen molar-refractivity contribution < 1.29 is 4.79 Å². The van der Waals surface area contributed by atoms with E-state index in [2.05, 4.69) is 5.32 Å². The van der Waals surface area contributed by atoms with Crippen LogP contribution in [0, 0.1) is 17.2 Å². The maximum absolute atomic E-state index is 9.82. The lowest BCUT2D eigenvalue weighted by atomic mass is 10.1. The van der Waals surface area contributed by atoms with Crippen LogP contribution >= 0.6 is 0 Å². The highest BCUT2D eigenvalue weighted by Gasteiger charge is 2.08. The second-order valence-corrected chi connectivity index (χ2v) is 2.14. The molecule has 0 aromatic heterocycles. The van der Waals surface area contributed by atoms with Crippen LogP contribution in [0.15, 0.2) is 0 Å². The summed E-state index contributed by atoms with van der Waals surface area (Å²) in [6, 6.07) is 1.62. The summed E-state index contributed by atoms with van der Waals surface area (Å²) >= 11 is 0. The van der Waals surface area contributed by atoms with Gasteiger partial charge in [0, 0.05) is 0 Å². The molecular weight excluding hydrogens is 116 g/mol. The molecule has 0 heterocycles. The van der Waals surface area contributed by atoms with Gasteiger partial charge in [-0.2, -0.15) is 5.26 Å². The van der Waals surface area contributed by atoms with Crippen molar-refractivity contribution in [1.82, 2.24) is 5.32 Å². The molecule has 1 amide bonds. The van der Waals surface area contributed by atoms with Crippen molar-refractivity contribution in [3.05, 3.63) is 0 Å². The van der Waals surface area contributed by atoms with Crippen molar-refractivity contribution in [3.63, 3.8) is 0 Å². The van der Waals surface area contributed by atoms with Crippen LogP contribution < -0.4 is 5.32 Å². The Kier molecular flexibility index (Phi) is 3.45. The van der Waals surface area contributed by atoms with Crippen LogP contribution in [0.1, 0.15) is 13.8 Å². The average molecular weight is 126 g/mol. The van der Waals surface area contributed by atoms with Gasteiger partial charge in [-0.3, -0.25) is 4.79 Å². The van der Waals surface area contributed by atoms with Crippen molar-refractivity contribution in [1.29, 1.82) is 5.26 Å². The molecule has 0 bridgehead atoms. The second kappa shape index (κ2) is 3.90. The predicted octanol–water partition coefficient (Wildman–Crippen LogP) is 0.281. The van der Waals surface area contributed by atoms with E-state index in [-0.39, 0.29) is 12.0 Å². The first kappa shape index (κ1) is 7.96. The monoisotopic (exact) mass is 126 g/mol. The third-order valence-electron chi connectivity index (χ3n) is 1.05. The maximum Gasteiger partial charge on any atom is 0.208 e. The molecule has 0 fully saturated rings. The van der Waals surface area contributed by atoms with Crippen LogP contribution in [-0.4, -0.2) is 12.5 Å². The standard InChI is InChI=1S/C6H10N2O/c1-5(2)6(3-7)8-4-9/h4-6H,1-2H3,(H,8,9). The molecule has 0 aliphatic heterocycles. The predicted molar refractivity (Wildman–Crippen MR) is 33.4 cm³/mol. The van der Waals surface area contributed by atoms with E-state index in [1.165, 1.54) is 0 Å². The normalized spacial score (nSPS) is 12.2. The average Bonchev–Trinajstić information content (AvgIpc) is 1.82. The number of carbonyl (C=O) groups is 1. The van der Waals surface area contributed by atoms with Crippen LogP contribution in [-0.2, 0) is 4.79 Å². The molecule has 0 aliphatic rings. The van der Waals surface area contributed by atoms with E-state index in [9.17, 15) is 4.79 Å². The fraction of sp³-hybridized carbons (Fsp3) is 0.667. The molecule has 3 nitrogen and oxygen atoms in total. The molecule has 0 aliphatic carbocycles. The number of hydrogen-bond donors (Lipinski definition) is 1. The van der Waals surface area contributed by atoms with Crippen LogP contribution in [0.25, 0.3) is 0 Å². The van der Waals surface area contributed by atoms with Gasteiger partial charge in [-0.25, -0.2) is 0 Å². The number of hydrogen-bond acceptors (Lipinski definition) is 2. The SMILES string of the molecule is CC(C)C(C#N)NC=O. The summed E-state index contributed by atoms with van der Waals surface area (Å²) in [5.74, 6) is 0.181. The number of nitrogens with one attached hydrogen (secondary N) is 1. The summed E-state index contributed by atoms with van der Waals surface area (Å²) in [6.07, 6.45) is 0.549. The van der Waals surface area contributed by atoms with Crippen LogP contribution in [0.4, 0.5) is 0 Å². The molecule has 0 radical (unpaired) electrons. The molecule has 0 aromatic carbocycles. The van der Waals surface area contributed by atoms with Crippen LogP contribution in [0.5, 0.6) is 0 Å². The molecule has 1 atom stereocenters. The van der Waals surface area contributed by atoms with Gasteiger partial charge >= 0.3 is 0 Å². The summed E-state index contributed by atoms with van der Waals surface area (Å²) < 4.78 is 0. The topological polar surface area (TPSA) is 52.9 Å². The highest BCUT2D eigenvalue weighted by Crippen LogP contribution is 1.97. The number of amides is 1. The molecule has 9 heavy (non-hydrogen) atoms. The summed E-state index contributed by atoms with van der Waals surface area (Å²) in [5.41, 5.74) is 0. The summed E-state index contributed by atoms with van der Waals surface area (Å²) in [6.45, 7) is 3.76. The van der Waals surface area contributed by atoms with E-state index in [1.807, 2.05) is 19.9 Å². The number of carbonyl (C=O) groups excluding carboxylic acids is 1. The maximum atomic E-state index is 9.82. The lowest BCUT2D eigenvalue weighted by molar-refractivity contribution is -0.110. The van der Waals surface area contributed by atoms with E-state index in [1.54, 1.807) is 0 Å². The Bertz CT molecular complexity index is 126. The molecule has 0 aromatic rings. The Morgan fingerprint density at radius 1 is 1.67 bits per heavy atom. The third kappa shape index (κ3) is 2.70. The largest absolute Gasteiger partial charge is 0.343 e. The summed E-state index contributed by atoms with van der Waals surface area (Å²) in [7, 11) is 0. The van der Waals surface area contributed by atoms with Crippen molar-refractivity contribution in [3.8, 4) is 6.07 Å². The van der Waals surface area contributed by atoms with Gasteiger partial charge in [0.05, 0.1) is 6.07 Å². The second-order valence-electron chi connectivity index (χ2n) is 2.14. The molecule has 0 rings (SSSR count). The Labute approximate surface area is 54.7 Å². The van der Waals surface area contributed by atoms with E-state index in [4.69, 9.17) is 5.26 Å². The molecule has 3 heteroatoms. The molecule has 0 saturated heterocycles. The van der Waals surface area contributed by atoms with Crippen LogP contribution in [0.3, 0.4) is 0 Å². The Morgan fingerprint density at radius 2 is 2.22 bits per heavy atom. The van der Waals surface area contributed by atoms with Crippen molar-refractivity contribution in [2.75, 3.05) is 0 Å². The highest BCUT2D eigenvalue weighted by atomic mass is 16.1. The first-order chi connectivity index (χ1) is 4.22. The smallest absolute Gasteiger partial charge is 0.208 e. The minimum Gasteiger partial charge on any atom is -0.343 e. The number of nitrogens with zero attached hydrogens (tertiary/aromatic N) is 1. The fourth-order valence-corrected chi connectivity index (χ4v) is 0.452. The van der Waals surface area contributed by atoms with Crippen molar-refractivity contribution in [2.45, 2.75) is 19.9 Å². The number of rotatable bonds is 3. The fourth-order valence-electron chi connectivity index (χ4n) is 0.452. The van der Waals surface area contributed by atoms with Crippen LogP contribution in [0.2, 0.25) is 0 Å². The minimum atomic E-state index is -0.345.